The number of para-hydroxylation sites is 2. The number of aromatic nitrogens is 2. The standard InChI is InChI=1S/C26H23GeN2.Ir/c1-27(2,3)23-16-10-15-21-22-18-28-24(19-11-6-4-7-12-19)17-25(22)29(26(21)23)20-13-8-5-9-14-20;/h4-11,13-18H,1-3H3;/q-1;. The van der Waals surface area contributed by atoms with Gasteiger partial charge in [0.05, 0.1) is 0 Å². The van der Waals surface area contributed by atoms with Crippen LogP contribution in [-0.4, -0.2) is 22.8 Å². The van der Waals surface area contributed by atoms with E-state index in [4.69, 9.17) is 4.98 Å². The van der Waals surface area contributed by atoms with Crippen LogP contribution in [0.4, 0.5) is 0 Å². The molecule has 0 spiro atoms. The number of hydrogen-bond donors (Lipinski definition) is 0. The first kappa shape index (κ1) is 21.1. The Bertz CT molecular complexity index is 1320. The van der Waals surface area contributed by atoms with E-state index in [1.54, 1.807) is 0 Å². The Labute approximate surface area is 193 Å². The molecule has 0 aliphatic heterocycles. The van der Waals surface area contributed by atoms with Crippen molar-refractivity contribution in [2.24, 2.45) is 0 Å². The van der Waals surface area contributed by atoms with Crippen LogP contribution in [0.5, 0.6) is 0 Å². The molecule has 151 valence electrons. The molecule has 0 bridgehead atoms. The molecule has 0 aliphatic carbocycles. The molecular weight excluding hydrogens is 605 g/mol. The molecule has 2 heterocycles. The minimum atomic E-state index is -2.10. The van der Waals surface area contributed by atoms with Gasteiger partial charge in [0.15, 0.2) is 0 Å². The molecule has 0 aliphatic rings. The minimum absolute atomic E-state index is 0. The van der Waals surface area contributed by atoms with Gasteiger partial charge >= 0.3 is 174 Å². The van der Waals surface area contributed by atoms with Crippen molar-refractivity contribution < 1.29 is 20.1 Å². The van der Waals surface area contributed by atoms with E-state index in [-0.39, 0.29) is 20.1 Å². The number of nitrogens with zero attached hydrogens (tertiary/aromatic N) is 2. The Hall–Kier alpha value is -2.20. The maximum atomic E-state index is 4.80. The van der Waals surface area contributed by atoms with Crippen LogP contribution in [0.3, 0.4) is 0 Å². The molecule has 3 aromatic carbocycles. The second-order valence-corrected chi connectivity index (χ2v) is 19.1. The molecule has 0 unspecified atom stereocenters. The van der Waals surface area contributed by atoms with Crippen molar-refractivity contribution in [2.45, 2.75) is 17.3 Å². The molecule has 0 saturated heterocycles. The summed E-state index contributed by atoms with van der Waals surface area (Å²) in [6, 6.07) is 31.0. The molecule has 0 N–H and O–H groups in total. The van der Waals surface area contributed by atoms with Crippen LogP contribution in [0.1, 0.15) is 0 Å². The zero-order valence-electron chi connectivity index (χ0n) is 17.3. The van der Waals surface area contributed by atoms with Gasteiger partial charge in [-0.25, -0.2) is 0 Å². The third-order valence-electron chi connectivity index (χ3n) is 5.48. The van der Waals surface area contributed by atoms with Crippen molar-refractivity contribution in [1.29, 1.82) is 0 Å². The Morgan fingerprint density at radius 1 is 0.833 bits per heavy atom. The number of pyridine rings is 1. The predicted octanol–water partition coefficient (Wildman–Crippen LogP) is 6.19. The SMILES string of the molecule is [CH3][Ge]([CH3])([CH3])[c]1cccc2c3cnc(-c4[c-]cccc4)cc3n(-c3ccccc3)c12.[Ir]. The first-order valence-corrected chi connectivity index (χ1v) is 17.3. The van der Waals surface area contributed by atoms with Crippen LogP contribution in [0.25, 0.3) is 38.8 Å². The first-order chi connectivity index (χ1) is 14.0. The third kappa shape index (κ3) is 3.56. The number of benzene rings is 3. The molecule has 0 atom stereocenters. The number of rotatable bonds is 3. The fraction of sp³-hybridized carbons (Fsp3) is 0.115. The molecule has 2 aromatic heterocycles. The Balaban J connectivity index is 0.00000218. The fourth-order valence-electron chi connectivity index (χ4n) is 4.11. The molecular formula is C26H23GeIrN2-. The smallest absolute Gasteiger partial charge is 0 e. The van der Waals surface area contributed by atoms with E-state index < -0.39 is 13.3 Å². The summed E-state index contributed by atoms with van der Waals surface area (Å²) < 4.78 is 3.96. The summed E-state index contributed by atoms with van der Waals surface area (Å²) in [7, 11) is 0. The Morgan fingerprint density at radius 3 is 2.30 bits per heavy atom. The summed E-state index contributed by atoms with van der Waals surface area (Å²) in [5, 5.41) is 2.50. The van der Waals surface area contributed by atoms with Crippen LogP contribution in [0.2, 0.25) is 17.3 Å². The average molecular weight is 628 g/mol. The van der Waals surface area contributed by atoms with Gasteiger partial charge < -0.3 is 0 Å². The molecule has 2 nitrogen and oxygen atoms in total. The van der Waals surface area contributed by atoms with Gasteiger partial charge in [-0.2, -0.15) is 0 Å². The van der Waals surface area contributed by atoms with Crippen LogP contribution >= 0.6 is 0 Å². The molecule has 0 fully saturated rings. The monoisotopic (exact) mass is 630 g/mol. The molecule has 5 rings (SSSR count). The summed E-state index contributed by atoms with van der Waals surface area (Å²) in [5.41, 5.74) is 5.72. The van der Waals surface area contributed by atoms with E-state index in [0.29, 0.717) is 0 Å². The Morgan fingerprint density at radius 2 is 1.60 bits per heavy atom. The maximum Gasteiger partial charge on any atom is 0 e. The van der Waals surface area contributed by atoms with Crippen molar-refractivity contribution in [3.05, 3.63) is 91.1 Å². The van der Waals surface area contributed by atoms with Gasteiger partial charge in [0.2, 0.25) is 0 Å². The van der Waals surface area contributed by atoms with E-state index in [9.17, 15) is 0 Å². The third-order valence-corrected chi connectivity index (χ3v) is 9.72. The molecule has 1 radical (unpaired) electrons. The van der Waals surface area contributed by atoms with E-state index in [1.165, 1.54) is 31.9 Å². The van der Waals surface area contributed by atoms with Crippen molar-refractivity contribution in [3.63, 3.8) is 0 Å². The normalized spacial score (nSPS) is 11.6. The summed E-state index contributed by atoms with van der Waals surface area (Å²) >= 11 is -2.10. The molecule has 30 heavy (non-hydrogen) atoms. The molecule has 0 amide bonds. The second-order valence-electron chi connectivity index (χ2n) is 8.49. The van der Waals surface area contributed by atoms with Gasteiger partial charge in [0, 0.05) is 20.1 Å². The van der Waals surface area contributed by atoms with E-state index in [2.05, 4.69) is 88.6 Å². The minimum Gasteiger partial charge on any atom is 0 e. The van der Waals surface area contributed by atoms with Crippen molar-refractivity contribution in [3.8, 4) is 16.9 Å². The summed E-state index contributed by atoms with van der Waals surface area (Å²) in [5.74, 6) is 7.39. The first-order valence-electron chi connectivity index (χ1n) is 10.0. The van der Waals surface area contributed by atoms with Crippen molar-refractivity contribution >= 4 is 39.5 Å². The van der Waals surface area contributed by atoms with Gasteiger partial charge in [0.25, 0.3) is 0 Å². The van der Waals surface area contributed by atoms with Crippen molar-refractivity contribution in [2.75, 3.05) is 0 Å². The quantitative estimate of drug-likeness (QED) is 0.172. The molecule has 0 saturated carbocycles. The zero-order chi connectivity index (χ0) is 20.0. The summed E-state index contributed by atoms with van der Waals surface area (Å²) in [6.07, 6.45) is 2.03. The zero-order valence-corrected chi connectivity index (χ0v) is 21.8. The van der Waals surface area contributed by atoms with Gasteiger partial charge in [0.1, 0.15) is 0 Å². The Kier molecular flexibility index (Phi) is 5.72. The number of fused-ring (bicyclic) bond motifs is 3. The van der Waals surface area contributed by atoms with Gasteiger partial charge in [-0.15, -0.1) is 0 Å². The van der Waals surface area contributed by atoms with Crippen LogP contribution in [-0.2, 0) is 20.1 Å². The van der Waals surface area contributed by atoms with Crippen LogP contribution in [0, 0.1) is 6.07 Å². The van der Waals surface area contributed by atoms with Crippen molar-refractivity contribution in [1.82, 2.24) is 9.55 Å². The fourth-order valence-corrected chi connectivity index (χ4v) is 7.37. The predicted molar refractivity (Wildman–Crippen MR) is 126 cm³/mol. The van der Waals surface area contributed by atoms with Crippen LogP contribution < -0.4 is 4.40 Å². The number of hydrogen-bond acceptors (Lipinski definition) is 1. The topological polar surface area (TPSA) is 17.8 Å². The van der Waals surface area contributed by atoms with E-state index in [1.807, 2.05) is 24.4 Å². The van der Waals surface area contributed by atoms with Gasteiger partial charge in [-0.05, 0) is 0 Å². The maximum absolute atomic E-state index is 4.80. The van der Waals surface area contributed by atoms with Gasteiger partial charge in [-0.1, -0.05) is 0 Å². The second kappa shape index (κ2) is 8.15. The van der Waals surface area contributed by atoms with Gasteiger partial charge in [-0.3, -0.25) is 0 Å². The summed E-state index contributed by atoms with van der Waals surface area (Å²) in [6.45, 7) is 0. The summed E-state index contributed by atoms with van der Waals surface area (Å²) in [4.78, 5) is 4.80. The molecule has 4 heteroatoms. The van der Waals surface area contributed by atoms with E-state index >= 15 is 0 Å². The van der Waals surface area contributed by atoms with Crippen LogP contribution in [0.15, 0.2) is 85.1 Å². The molecule has 5 aromatic rings. The van der Waals surface area contributed by atoms with E-state index in [0.717, 1.165) is 11.3 Å². The largest absolute Gasteiger partial charge is 0 e. The average Bonchev–Trinajstić information content (AvgIpc) is 3.08.